The van der Waals surface area contributed by atoms with Gasteiger partial charge in [-0.2, -0.15) is 0 Å². The van der Waals surface area contributed by atoms with E-state index in [-0.39, 0.29) is 0 Å². The Morgan fingerprint density at radius 2 is 0.740 bits per heavy atom. The van der Waals surface area contributed by atoms with Gasteiger partial charge < -0.3 is 9.13 Å². The topological polar surface area (TPSA) is 9.86 Å². The van der Waals surface area contributed by atoms with Crippen molar-refractivity contribution in [2.45, 2.75) is 0 Å². The van der Waals surface area contributed by atoms with Gasteiger partial charge in [-0.15, -0.1) is 0 Å². The number of hydrogen-bond acceptors (Lipinski definition) is 0. The average molecular weight is 637 g/mol. The molecular weight excluding hydrogens is 605 g/mol. The molecule has 0 aliphatic heterocycles. The molecule has 0 amide bonds. The maximum absolute atomic E-state index is 2.44. The van der Waals surface area contributed by atoms with Crippen molar-refractivity contribution in [3.05, 3.63) is 194 Å². The van der Waals surface area contributed by atoms with E-state index in [1.54, 1.807) is 0 Å². The molecule has 2 heteroatoms. The molecule has 0 saturated carbocycles. The van der Waals surface area contributed by atoms with Gasteiger partial charge in [0.25, 0.3) is 0 Å². The molecule has 0 atom stereocenters. The first-order valence-corrected chi connectivity index (χ1v) is 17.2. The van der Waals surface area contributed by atoms with Crippen LogP contribution in [0.1, 0.15) is 0 Å². The van der Waals surface area contributed by atoms with Gasteiger partial charge in [-0.1, -0.05) is 140 Å². The molecule has 0 N–H and O–H groups in total. The Kier molecular flexibility index (Phi) is 6.53. The molecule has 10 rings (SSSR count). The highest BCUT2D eigenvalue weighted by molar-refractivity contribution is 6.12. The summed E-state index contributed by atoms with van der Waals surface area (Å²) in [5, 5.41) is 5.02. The first-order chi connectivity index (χ1) is 24.8. The summed E-state index contributed by atoms with van der Waals surface area (Å²) in [6.45, 7) is 0. The summed E-state index contributed by atoms with van der Waals surface area (Å²) < 4.78 is 4.81. The van der Waals surface area contributed by atoms with Crippen molar-refractivity contribution in [3.63, 3.8) is 0 Å². The smallest absolute Gasteiger partial charge is 0.0547 e. The average Bonchev–Trinajstić information content (AvgIpc) is 3.71. The standard InChI is InChI=1S/C48H32N2/c1-4-14-33(15-5-1)39-28-26-38(32-43(39)34-16-6-2-7-17-34)50-45-22-12-10-20-40(45)42-27-24-36(31-48(42)50)35-25-29-47-44(30-35)41-21-11-13-23-46(41)49(47)37-18-8-3-9-19-37/h1-32H. The predicted octanol–water partition coefficient (Wildman–Crippen LogP) is 12.9. The van der Waals surface area contributed by atoms with Gasteiger partial charge in [0.1, 0.15) is 0 Å². The minimum atomic E-state index is 1.15. The number of hydrogen-bond donors (Lipinski definition) is 0. The van der Waals surface area contributed by atoms with Crippen LogP contribution in [0.5, 0.6) is 0 Å². The van der Waals surface area contributed by atoms with Crippen molar-refractivity contribution in [1.29, 1.82) is 0 Å². The van der Waals surface area contributed by atoms with Crippen LogP contribution < -0.4 is 0 Å². The van der Waals surface area contributed by atoms with Crippen LogP contribution in [0.25, 0.3) is 88.4 Å². The van der Waals surface area contributed by atoms with Gasteiger partial charge in [0.15, 0.2) is 0 Å². The Balaban J connectivity index is 1.19. The fourth-order valence-corrected chi connectivity index (χ4v) is 7.83. The van der Waals surface area contributed by atoms with Gasteiger partial charge >= 0.3 is 0 Å². The number of nitrogens with zero attached hydrogens (tertiary/aromatic N) is 2. The van der Waals surface area contributed by atoms with Crippen LogP contribution in [0.2, 0.25) is 0 Å². The number of aromatic nitrogens is 2. The maximum atomic E-state index is 2.44. The molecule has 0 fully saturated rings. The lowest BCUT2D eigenvalue weighted by Gasteiger charge is -2.15. The molecule has 0 saturated heterocycles. The quantitative estimate of drug-likeness (QED) is 0.178. The molecule has 10 aromatic rings. The molecule has 0 aliphatic carbocycles. The van der Waals surface area contributed by atoms with E-state index in [4.69, 9.17) is 0 Å². The third-order valence-corrected chi connectivity index (χ3v) is 10.1. The van der Waals surface area contributed by atoms with Gasteiger partial charge in [-0.25, -0.2) is 0 Å². The lowest BCUT2D eigenvalue weighted by Crippen LogP contribution is -1.96. The number of para-hydroxylation sites is 3. The van der Waals surface area contributed by atoms with E-state index in [2.05, 4.69) is 203 Å². The van der Waals surface area contributed by atoms with Crippen molar-refractivity contribution in [2.24, 2.45) is 0 Å². The van der Waals surface area contributed by atoms with Gasteiger partial charge in [0, 0.05) is 32.9 Å². The second-order valence-electron chi connectivity index (χ2n) is 13.0. The molecule has 0 aliphatic rings. The largest absolute Gasteiger partial charge is 0.309 e. The summed E-state index contributed by atoms with van der Waals surface area (Å²) in [6.07, 6.45) is 0. The SMILES string of the molecule is c1ccc(-c2ccc(-n3c4ccccc4c4ccc(-c5ccc6c(c5)c5ccccc5n6-c5ccccc5)cc43)cc2-c2ccccc2)cc1. The summed E-state index contributed by atoms with van der Waals surface area (Å²) in [4.78, 5) is 0. The summed E-state index contributed by atoms with van der Waals surface area (Å²) in [7, 11) is 0. The minimum absolute atomic E-state index is 1.15. The lowest BCUT2D eigenvalue weighted by atomic mass is 9.94. The number of fused-ring (bicyclic) bond motifs is 6. The highest BCUT2D eigenvalue weighted by atomic mass is 15.0. The second-order valence-corrected chi connectivity index (χ2v) is 13.0. The molecule has 8 aromatic carbocycles. The second kappa shape index (κ2) is 11.5. The van der Waals surface area contributed by atoms with Gasteiger partial charge in [-0.05, 0) is 88.0 Å². The molecule has 234 valence electrons. The van der Waals surface area contributed by atoms with Crippen LogP contribution in [0.4, 0.5) is 0 Å². The van der Waals surface area contributed by atoms with Crippen LogP contribution in [0.3, 0.4) is 0 Å². The van der Waals surface area contributed by atoms with Crippen molar-refractivity contribution in [2.75, 3.05) is 0 Å². The fraction of sp³-hybridized carbons (Fsp3) is 0. The van der Waals surface area contributed by atoms with E-state index in [1.165, 1.54) is 82.7 Å². The molecule has 2 aromatic heterocycles. The van der Waals surface area contributed by atoms with Crippen molar-refractivity contribution in [3.8, 4) is 44.8 Å². The fourth-order valence-electron chi connectivity index (χ4n) is 7.83. The van der Waals surface area contributed by atoms with Crippen LogP contribution in [-0.4, -0.2) is 9.13 Å². The first-order valence-electron chi connectivity index (χ1n) is 17.2. The Labute approximate surface area is 290 Å². The third-order valence-electron chi connectivity index (χ3n) is 10.1. The molecule has 0 unspecified atom stereocenters. The van der Waals surface area contributed by atoms with Crippen molar-refractivity contribution >= 4 is 43.6 Å². The number of benzene rings is 8. The lowest BCUT2D eigenvalue weighted by molar-refractivity contribution is 1.18. The summed E-state index contributed by atoms with van der Waals surface area (Å²) in [5.74, 6) is 0. The van der Waals surface area contributed by atoms with Crippen LogP contribution >= 0.6 is 0 Å². The molecular formula is C48H32N2. The first kappa shape index (κ1) is 28.4. The highest BCUT2D eigenvalue weighted by Crippen LogP contribution is 2.40. The Morgan fingerprint density at radius 3 is 1.44 bits per heavy atom. The summed E-state index contributed by atoms with van der Waals surface area (Å²) in [6, 6.07) is 70.4. The number of rotatable bonds is 5. The summed E-state index contributed by atoms with van der Waals surface area (Å²) >= 11 is 0. The van der Waals surface area contributed by atoms with Gasteiger partial charge in [0.05, 0.1) is 22.1 Å². The summed E-state index contributed by atoms with van der Waals surface area (Å²) in [5.41, 5.74) is 14.4. The van der Waals surface area contributed by atoms with E-state index in [0.29, 0.717) is 0 Å². The molecule has 50 heavy (non-hydrogen) atoms. The zero-order valence-electron chi connectivity index (χ0n) is 27.4. The van der Waals surface area contributed by atoms with Gasteiger partial charge in [-0.3, -0.25) is 0 Å². The van der Waals surface area contributed by atoms with Crippen LogP contribution in [-0.2, 0) is 0 Å². The predicted molar refractivity (Wildman–Crippen MR) is 211 cm³/mol. The Bertz CT molecular complexity index is 2840. The molecule has 0 spiro atoms. The molecule has 0 radical (unpaired) electrons. The monoisotopic (exact) mass is 636 g/mol. The molecule has 2 nitrogen and oxygen atoms in total. The zero-order valence-corrected chi connectivity index (χ0v) is 27.4. The van der Waals surface area contributed by atoms with Crippen LogP contribution in [0.15, 0.2) is 194 Å². The van der Waals surface area contributed by atoms with E-state index in [1.807, 2.05) is 0 Å². The van der Waals surface area contributed by atoms with Crippen molar-refractivity contribution < 1.29 is 0 Å². The minimum Gasteiger partial charge on any atom is -0.309 e. The van der Waals surface area contributed by atoms with E-state index < -0.39 is 0 Å². The molecule has 2 heterocycles. The van der Waals surface area contributed by atoms with E-state index in [9.17, 15) is 0 Å². The van der Waals surface area contributed by atoms with Crippen molar-refractivity contribution in [1.82, 2.24) is 9.13 Å². The normalized spacial score (nSPS) is 11.6. The van der Waals surface area contributed by atoms with E-state index in [0.717, 1.165) is 5.69 Å². The maximum Gasteiger partial charge on any atom is 0.0547 e. The molecule has 0 bridgehead atoms. The highest BCUT2D eigenvalue weighted by Gasteiger charge is 2.17. The zero-order chi connectivity index (χ0) is 33.0. The van der Waals surface area contributed by atoms with Gasteiger partial charge in [0.2, 0.25) is 0 Å². The third kappa shape index (κ3) is 4.50. The van der Waals surface area contributed by atoms with Crippen LogP contribution in [0, 0.1) is 0 Å². The Hall–Kier alpha value is -6.64. The van der Waals surface area contributed by atoms with E-state index >= 15 is 0 Å². The Morgan fingerprint density at radius 1 is 0.240 bits per heavy atom.